The molecule has 0 aromatic heterocycles. The number of hydrogen-bond donors (Lipinski definition) is 0. The fraction of sp³-hybridized carbons (Fsp3) is 0.636. The Morgan fingerprint density at radius 3 is 2.73 bits per heavy atom. The van der Waals surface area contributed by atoms with Crippen LogP contribution in [0.3, 0.4) is 0 Å². The van der Waals surface area contributed by atoms with Crippen LogP contribution in [0.4, 0.5) is 0 Å². The molecule has 0 radical (unpaired) electrons. The van der Waals surface area contributed by atoms with E-state index in [1.165, 1.54) is 24.8 Å². The van der Waals surface area contributed by atoms with Crippen molar-refractivity contribution in [3.63, 3.8) is 0 Å². The first-order valence-electron chi connectivity index (χ1n) is 4.52. The molecule has 0 bridgehead atoms. The van der Waals surface area contributed by atoms with Crippen molar-refractivity contribution in [2.75, 3.05) is 0 Å². The molecule has 0 nitrogen and oxygen atoms in total. The van der Waals surface area contributed by atoms with Crippen LogP contribution in [0.5, 0.6) is 0 Å². The minimum atomic E-state index is 0.453. The van der Waals surface area contributed by atoms with Gasteiger partial charge in [0.2, 0.25) is 0 Å². The molecule has 1 aliphatic carbocycles. The smallest absolute Gasteiger partial charge is 0.0109 e. The standard InChI is InChI=1S/C11H18/c1-4-7-11(3)8-5-10(2)6-9-11/h5-6,8H,4,7,9H2,1-3H3. The molecule has 1 aliphatic rings. The van der Waals surface area contributed by atoms with E-state index in [-0.39, 0.29) is 0 Å². The van der Waals surface area contributed by atoms with Crippen molar-refractivity contribution in [2.45, 2.75) is 40.0 Å². The second-order valence-electron chi connectivity index (χ2n) is 3.89. The van der Waals surface area contributed by atoms with E-state index in [2.05, 4.69) is 39.0 Å². The van der Waals surface area contributed by atoms with E-state index in [0.717, 1.165) is 0 Å². The molecule has 0 aromatic carbocycles. The molecule has 11 heavy (non-hydrogen) atoms. The Morgan fingerprint density at radius 2 is 2.27 bits per heavy atom. The lowest BCUT2D eigenvalue weighted by molar-refractivity contribution is 0.387. The van der Waals surface area contributed by atoms with Crippen molar-refractivity contribution in [1.82, 2.24) is 0 Å². The maximum atomic E-state index is 2.37. The molecular weight excluding hydrogens is 132 g/mol. The van der Waals surface area contributed by atoms with E-state index < -0.39 is 0 Å². The zero-order valence-corrected chi connectivity index (χ0v) is 7.85. The van der Waals surface area contributed by atoms with E-state index >= 15 is 0 Å². The third kappa shape index (κ3) is 2.21. The quantitative estimate of drug-likeness (QED) is 0.563. The van der Waals surface area contributed by atoms with Gasteiger partial charge in [0, 0.05) is 0 Å². The fourth-order valence-corrected chi connectivity index (χ4v) is 1.62. The summed E-state index contributed by atoms with van der Waals surface area (Å²) in [5.41, 5.74) is 1.87. The van der Waals surface area contributed by atoms with Gasteiger partial charge in [-0.2, -0.15) is 0 Å². The Labute approximate surface area is 70.0 Å². The maximum Gasteiger partial charge on any atom is -0.0109 e. The second kappa shape index (κ2) is 3.25. The Morgan fingerprint density at radius 1 is 1.55 bits per heavy atom. The SMILES string of the molecule is CCCC1(C)C=CC(C)=CC1. The van der Waals surface area contributed by atoms with Crippen LogP contribution in [0.2, 0.25) is 0 Å². The summed E-state index contributed by atoms with van der Waals surface area (Å²) >= 11 is 0. The van der Waals surface area contributed by atoms with Crippen LogP contribution in [0.25, 0.3) is 0 Å². The van der Waals surface area contributed by atoms with Crippen LogP contribution in [0, 0.1) is 5.41 Å². The first kappa shape index (κ1) is 8.58. The summed E-state index contributed by atoms with van der Waals surface area (Å²) < 4.78 is 0. The molecule has 62 valence electrons. The Bertz CT molecular complexity index is 186. The van der Waals surface area contributed by atoms with Gasteiger partial charge in [-0.1, -0.05) is 44.1 Å². The van der Waals surface area contributed by atoms with Gasteiger partial charge >= 0.3 is 0 Å². The van der Waals surface area contributed by atoms with Gasteiger partial charge in [-0.15, -0.1) is 0 Å². The maximum absolute atomic E-state index is 2.37. The van der Waals surface area contributed by atoms with Gasteiger partial charge in [0.15, 0.2) is 0 Å². The lowest BCUT2D eigenvalue weighted by Crippen LogP contribution is -2.13. The van der Waals surface area contributed by atoms with E-state index in [1.54, 1.807) is 0 Å². The third-order valence-electron chi connectivity index (χ3n) is 2.46. The van der Waals surface area contributed by atoms with Crippen molar-refractivity contribution < 1.29 is 0 Å². The van der Waals surface area contributed by atoms with Crippen LogP contribution >= 0.6 is 0 Å². The monoisotopic (exact) mass is 150 g/mol. The van der Waals surface area contributed by atoms with Gasteiger partial charge in [0.1, 0.15) is 0 Å². The predicted octanol–water partition coefficient (Wildman–Crippen LogP) is 3.70. The van der Waals surface area contributed by atoms with Gasteiger partial charge in [-0.05, 0) is 25.2 Å². The lowest BCUT2D eigenvalue weighted by atomic mass is 9.79. The highest BCUT2D eigenvalue weighted by Gasteiger charge is 2.19. The third-order valence-corrected chi connectivity index (χ3v) is 2.46. The van der Waals surface area contributed by atoms with E-state index in [1.807, 2.05) is 0 Å². The van der Waals surface area contributed by atoms with E-state index in [4.69, 9.17) is 0 Å². The van der Waals surface area contributed by atoms with Crippen LogP contribution in [0.15, 0.2) is 23.8 Å². The molecule has 0 heteroatoms. The van der Waals surface area contributed by atoms with Crippen molar-refractivity contribution in [3.05, 3.63) is 23.8 Å². The van der Waals surface area contributed by atoms with Crippen molar-refractivity contribution in [1.29, 1.82) is 0 Å². The van der Waals surface area contributed by atoms with Crippen LogP contribution in [-0.2, 0) is 0 Å². The summed E-state index contributed by atoms with van der Waals surface area (Å²) in [5.74, 6) is 0. The largest absolute Gasteiger partial charge is 0.0808 e. The minimum absolute atomic E-state index is 0.453. The molecule has 1 atom stereocenters. The first-order chi connectivity index (χ1) is 5.16. The summed E-state index contributed by atoms with van der Waals surface area (Å²) in [4.78, 5) is 0. The summed E-state index contributed by atoms with van der Waals surface area (Å²) in [5, 5.41) is 0. The molecule has 0 aliphatic heterocycles. The average molecular weight is 150 g/mol. The molecule has 0 heterocycles. The molecule has 0 saturated carbocycles. The molecular formula is C11H18. The van der Waals surface area contributed by atoms with Crippen molar-refractivity contribution in [2.24, 2.45) is 5.41 Å². The number of rotatable bonds is 2. The normalized spacial score (nSPS) is 30.3. The van der Waals surface area contributed by atoms with E-state index in [0.29, 0.717) is 5.41 Å². The molecule has 1 unspecified atom stereocenters. The molecule has 0 aromatic rings. The predicted molar refractivity (Wildman–Crippen MR) is 50.5 cm³/mol. The van der Waals surface area contributed by atoms with Gasteiger partial charge in [0.05, 0.1) is 0 Å². The Balaban J connectivity index is 2.58. The van der Waals surface area contributed by atoms with Crippen molar-refractivity contribution in [3.8, 4) is 0 Å². The summed E-state index contributed by atoms with van der Waals surface area (Å²) in [6.07, 6.45) is 10.8. The molecule has 0 N–H and O–H groups in total. The number of allylic oxidation sites excluding steroid dienone is 4. The molecule has 0 fully saturated rings. The summed E-state index contributed by atoms with van der Waals surface area (Å²) in [7, 11) is 0. The fourth-order valence-electron chi connectivity index (χ4n) is 1.62. The summed E-state index contributed by atoms with van der Waals surface area (Å²) in [6.45, 7) is 6.77. The minimum Gasteiger partial charge on any atom is -0.0808 e. The van der Waals surface area contributed by atoms with Crippen molar-refractivity contribution >= 4 is 0 Å². The lowest BCUT2D eigenvalue weighted by Gasteiger charge is -2.26. The topological polar surface area (TPSA) is 0 Å². The zero-order chi connectivity index (χ0) is 8.32. The first-order valence-corrected chi connectivity index (χ1v) is 4.52. The van der Waals surface area contributed by atoms with Crippen LogP contribution in [-0.4, -0.2) is 0 Å². The van der Waals surface area contributed by atoms with E-state index in [9.17, 15) is 0 Å². The molecule has 0 saturated heterocycles. The van der Waals surface area contributed by atoms with Crippen LogP contribution in [0.1, 0.15) is 40.0 Å². The number of hydrogen-bond acceptors (Lipinski definition) is 0. The highest BCUT2D eigenvalue weighted by atomic mass is 14.2. The molecule has 1 rings (SSSR count). The van der Waals surface area contributed by atoms with Gasteiger partial charge in [-0.25, -0.2) is 0 Å². The van der Waals surface area contributed by atoms with Gasteiger partial charge < -0.3 is 0 Å². The highest BCUT2D eigenvalue weighted by Crippen LogP contribution is 2.33. The zero-order valence-electron chi connectivity index (χ0n) is 7.85. The molecule has 0 amide bonds. The second-order valence-corrected chi connectivity index (χ2v) is 3.89. The van der Waals surface area contributed by atoms with Gasteiger partial charge in [-0.3, -0.25) is 0 Å². The Kier molecular flexibility index (Phi) is 2.53. The molecule has 0 spiro atoms. The van der Waals surface area contributed by atoms with Crippen LogP contribution < -0.4 is 0 Å². The van der Waals surface area contributed by atoms with Gasteiger partial charge in [0.25, 0.3) is 0 Å². The Hall–Kier alpha value is -0.520. The highest BCUT2D eigenvalue weighted by molar-refractivity contribution is 5.23. The summed E-state index contributed by atoms with van der Waals surface area (Å²) in [6, 6.07) is 0. The average Bonchev–Trinajstić information content (AvgIpc) is 1.97.